The van der Waals surface area contributed by atoms with Crippen LogP contribution >= 0.6 is 0 Å². The average molecular weight is 200 g/mol. The molecule has 1 aromatic heterocycles. The molecule has 0 aliphatic rings. The van der Waals surface area contributed by atoms with Crippen molar-refractivity contribution < 1.29 is 17.5 Å². The summed E-state index contributed by atoms with van der Waals surface area (Å²) in [4.78, 5) is -0.226. The Labute approximate surface area is 72.9 Å². The molecule has 0 amide bonds. The Morgan fingerprint density at radius 1 is 1.38 bits per heavy atom. The lowest BCUT2D eigenvalue weighted by atomic mass is 10.3. The van der Waals surface area contributed by atoms with Crippen LogP contribution < -0.4 is 0 Å². The summed E-state index contributed by atoms with van der Waals surface area (Å²) in [6, 6.07) is 3.77. The summed E-state index contributed by atoms with van der Waals surface area (Å²) in [5.41, 5.74) is 0.655. The Morgan fingerprint density at radius 3 is 2.85 bits per heavy atom. The lowest BCUT2D eigenvalue weighted by molar-refractivity contribution is 0.424. The second-order valence-corrected chi connectivity index (χ2v) is 3.80. The lowest BCUT2D eigenvalue weighted by Crippen LogP contribution is -1.97. The van der Waals surface area contributed by atoms with Gasteiger partial charge < -0.3 is 4.52 Å². The Hall–Kier alpha value is -1.47. The van der Waals surface area contributed by atoms with E-state index in [2.05, 4.69) is 14.9 Å². The van der Waals surface area contributed by atoms with Gasteiger partial charge >= 0.3 is 0 Å². The summed E-state index contributed by atoms with van der Waals surface area (Å²) in [7, 11) is -4.18. The first-order valence-electron chi connectivity index (χ1n) is 3.27. The Bertz CT molecular complexity index is 545. The van der Waals surface area contributed by atoms with Crippen LogP contribution in [-0.4, -0.2) is 23.3 Å². The normalized spacial score (nSPS) is 12.1. The van der Waals surface area contributed by atoms with Gasteiger partial charge in [0.25, 0.3) is 10.1 Å². The fraction of sp³-hybridized carbons (Fsp3) is 0. The monoisotopic (exact) mass is 200 g/mol. The second-order valence-electron chi connectivity index (χ2n) is 2.38. The summed E-state index contributed by atoms with van der Waals surface area (Å²) in [6.45, 7) is 0. The molecule has 0 fully saturated rings. The van der Waals surface area contributed by atoms with Crippen molar-refractivity contribution >= 4 is 21.2 Å². The topological polar surface area (TPSA) is 93.3 Å². The smallest absolute Gasteiger partial charge is 0.294 e. The van der Waals surface area contributed by atoms with E-state index in [0.29, 0.717) is 5.58 Å². The Morgan fingerprint density at radius 2 is 2.15 bits per heavy atom. The molecule has 0 aliphatic carbocycles. The fourth-order valence-electron chi connectivity index (χ4n) is 0.921. The number of rotatable bonds is 1. The van der Waals surface area contributed by atoms with Gasteiger partial charge in [0, 0.05) is 5.27 Å². The summed E-state index contributed by atoms with van der Waals surface area (Å²) >= 11 is 0. The molecule has 1 aromatic carbocycles. The molecule has 0 spiro atoms. The largest absolute Gasteiger partial charge is 0.337 e. The molecule has 7 heteroatoms. The molecule has 2 aromatic rings. The maximum absolute atomic E-state index is 10.7. The third kappa shape index (κ3) is 1.38. The SMILES string of the molecule is O=S(=O)(O)c1ccc2onnc2c1. The van der Waals surface area contributed by atoms with Crippen LogP contribution in [0.3, 0.4) is 0 Å². The molecule has 6 nitrogen and oxygen atoms in total. The van der Waals surface area contributed by atoms with E-state index in [-0.39, 0.29) is 10.4 Å². The van der Waals surface area contributed by atoms with Crippen LogP contribution in [-0.2, 0) is 10.1 Å². The molecule has 0 aliphatic heterocycles. The highest BCUT2D eigenvalue weighted by atomic mass is 32.2. The van der Waals surface area contributed by atoms with Gasteiger partial charge in [-0.2, -0.15) is 8.42 Å². The van der Waals surface area contributed by atoms with Crippen LogP contribution in [0, 0.1) is 0 Å². The van der Waals surface area contributed by atoms with Crippen LogP contribution in [0.1, 0.15) is 0 Å². The van der Waals surface area contributed by atoms with Gasteiger partial charge in [0.2, 0.25) is 0 Å². The first-order chi connectivity index (χ1) is 6.07. The first kappa shape index (κ1) is 8.14. The van der Waals surface area contributed by atoms with E-state index in [4.69, 9.17) is 4.55 Å². The van der Waals surface area contributed by atoms with E-state index in [9.17, 15) is 8.42 Å². The van der Waals surface area contributed by atoms with Crippen molar-refractivity contribution in [2.24, 2.45) is 0 Å². The fourth-order valence-corrected chi connectivity index (χ4v) is 1.42. The molecule has 0 saturated carbocycles. The maximum Gasteiger partial charge on any atom is 0.294 e. The standard InChI is InChI=1S/C6H4N2O4S/c9-13(10,11)4-1-2-6-5(3-4)7-8-12-6/h1-3H,(H,9,10,11). The predicted molar refractivity (Wildman–Crippen MR) is 41.6 cm³/mol. The minimum absolute atomic E-state index is 0.226. The van der Waals surface area contributed by atoms with Crippen LogP contribution in [0.4, 0.5) is 0 Å². The van der Waals surface area contributed by atoms with Crippen LogP contribution in [0.25, 0.3) is 11.1 Å². The molecule has 13 heavy (non-hydrogen) atoms. The maximum atomic E-state index is 10.7. The third-order valence-electron chi connectivity index (χ3n) is 1.52. The second kappa shape index (κ2) is 2.51. The molecule has 0 bridgehead atoms. The molecule has 0 radical (unpaired) electrons. The van der Waals surface area contributed by atoms with Gasteiger partial charge in [-0.25, -0.2) is 0 Å². The van der Waals surface area contributed by atoms with Crippen LogP contribution in [0.15, 0.2) is 27.6 Å². The minimum Gasteiger partial charge on any atom is -0.337 e. The molecule has 0 unspecified atom stereocenters. The highest BCUT2D eigenvalue weighted by molar-refractivity contribution is 7.85. The van der Waals surface area contributed by atoms with Gasteiger partial charge in [0.05, 0.1) is 4.90 Å². The van der Waals surface area contributed by atoms with Crippen molar-refractivity contribution in [3.8, 4) is 0 Å². The highest BCUT2D eigenvalue weighted by Gasteiger charge is 2.11. The highest BCUT2D eigenvalue weighted by Crippen LogP contribution is 2.15. The van der Waals surface area contributed by atoms with Crippen molar-refractivity contribution in [3.63, 3.8) is 0 Å². The summed E-state index contributed by atoms with van der Waals surface area (Å²) < 4.78 is 34.7. The van der Waals surface area contributed by atoms with E-state index in [0.717, 1.165) is 0 Å². The van der Waals surface area contributed by atoms with E-state index in [1.807, 2.05) is 0 Å². The van der Waals surface area contributed by atoms with Crippen molar-refractivity contribution in [2.75, 3.05) is 0 Å². The molecule has 2 rings (SSSR count). The van der Waals surface area contributed by atoms with Gasteiger partial charge in [0.1, 0.15) is 5.52 Å². The Kier molecular flexibility index (Phi) is 1.57. The van der Waals surface area contributed by atoms with Gasteiger partial charge in [-0.15, -0.1) is 5.10 Å². The van der Waals surface area contributed by atoms with Crippen molar-refractivity contribution in [3.05, 3.63) is 18.2 Å². The van der Waals surface area contributed by atoms with E-state index in [1.54, 1.807) is 0 Å². The summed E-state index contributed by atoms with van der Waals surface area (Å²) in [5.74, 6) is 0. The average Bonchev–Trinajstić information content (AvgIpc) is 2.47. The van der Waals surface area contributed by atoms with Gasteiger partial charge in [-0.05, 0) is 18.2 Å². The van der Waals surface area contributed by atoms with Crippen molar-refractivity contribution in [2.45, 2.75) is 4.90 Å². The molecule has 1 N–H and O–H groups in total. The zero-order valence-corrected chi connectivity index (χ0v) is 7.02. The minimum atomic E-state index is -4.18. The number of aromatic nitrogens is 2. The van der Waals surface area contributed by atoms with Crippen molar-refractivity contribution in [1.29, 1.82) is 0 Å². The van der Waals surface area contributed by atoms with Gasteiger partial charge in [0.15, 0.2) is 5.58 Å². The first-order valence-corrected chi connectivity index (χ1v) is 4.71. The summed E-state index contributed by atoms with van der Waals surface area (Å²) in [5, 5.41) is 6.72. The van der Waals surface area contributed by atoms with Crippen molar-refractivity contribution in [1.82, 2.24) is 10.4 Å². The number of fused-ring (bicyclic) bond motifs is 1. The molecular weight excluding hydrogens is 196 g/mol. The molecule has 68 valence electrons. The zero-order valence-electron chi connectivity index (χ0n) is 6.21. The number of nitrogens with zero attached hydrogens (tertiary/aromatic N) is 2. The molecule has 1 heterocycles. The van der Waals surface area contributed by atoms with E-state index in [1.165, 1.54) is 18.2 Å². The van der Waals surface area contributed by atoms with Crippen LogP contribution in [0.5, 0.6) is 0 Å². The molecule has 0 atom stereocenters. The lowest BCUT2D eigenvalue weighted by Gasteiger charge is -1.93. The number of benzene rings is 1. The number of hydrogen-bond donors (Lipinski definition) is 1. The predicted octanol–water partition coefficient (Wildman–Crippen LogP) is 0.470. The zero-order chi connectivity index (χ0) is 9.47. The van der Waals surface area contributed by atoms with Gasteiger partial charge in [-0.3, -0.25) is 4.55 Å². The quantitative estimate of drug-likeness (QED) is 0.672. The van der Waals surface area contributed by atoms with E-state index >= 15 is 0 Å². The third-order valence-corrected chi connectivity index (χ3v) is 2.37. The van der Waals surface area contributed by atoms with Crippen LogP contribution in [0.2, 0.25) is 0 Å². The Balaban J connectivity index is 2.75. The van der Waals surface area contributed by atoms with Gasteiger partial charge in [-0.1, -0.05) is 0 Å². The molecular formula is C6H4N2O4S. The molecule has 0 saturated heterocycles. The summed E-state index contributed by atoms with van der Waals surface area (Å²) in [6.07, 6.45) is 0. The van der Waals surface area contributed by atoms with E-state index < -0.39 is 10.1 Å². The number of hydrogen-bond acceptors (Lipinski definition) is 5.